The zero-order valence-corrected chi connectivity index (χ0v) is 10.3. The van der Waals surface area contributed by atoms with Gasteiger partial charge in [0.05, 0.1) is 13.0 Å². The quantitative estimate of drug-likeness (QED) is 0.680. The third-order valence-electron chi connectivity index (χ3n) is 1.84. The molecule has 1 aromatic rings. The molecule has 0 atom stereocenters. The van der Waals surface area contributed by atoms with Gasteiger partial charge in [0.1, 0.15) is 5.75 Å². The molecule has 1 rings (SSSR count). The molecule has 100 valence electrons. The van der Waals surface area contributed by atoms with Crippen LogP contribution in [0.2, 0.25) is 0 Å². The van der Waals surface area contributed by atoms with E-state index < -0.39 is 18.1 Å². The molecule has 0 saturated carbocycles. The first-order valence-corrected chi connectivity index (χ1v) is 5.49. The number of carbonyl (C=O) groups is 1. The van der Waals surface area contributed by atoms with Gasteiger partial charge in [0, 0.05) is 4.90 Å². The number of thiol groups is 1. The third-order valence-corrected chi connectivity index (χ3v) is 2.10. The van der Waals surface area contributed by atoms with E-state index in [1.807, 2.05) is 0 Å². The molecule has 0 N–H and O–H groups in total. The van der Waals surface area contributed by atoms with Crippen LogP contribution in [0.4, 0.5) is 13.2 Å². The summed E-state index contributed by atoms with van der Waals surface area (Å²) in [6.07, 6.45) is -4.90. The van der Waals surface area contributed by atoms with E-state index in [2.05, 4.69) is 17.4 Å². The van der Waals surface area contributed by atoms with Crippen LogP contribution in [-0.2, 0) is 16.0 Å². The summed E-state index contributed by atoms with van der Waals surface area (Å²) < 4.78 is 44.6. The second-order valence-corrected chi connectivity index (χ2v) is 3.88. The van der Waals surface area contributed by atoms with Gasteiger partial charge >= 0.3 is 12.3 Å². The lowest BCUT2D eigenvalue weighted by atomic mass is 10.1. The predicted molar refractivity (Wildman–Crippen MR) is 60.7 cm³/mol. The molecule has 0 aliphatic heterocycles. The van der Waals surface area contributed by atoms with E-state index in [0.717, 1.165) is 12.1 Å². The lowest BCUT2D eigenvalue weighted by Crippen LogP contribution is -2.17. The fraction of sp³-hybridized carbons (Fsp3) is 0.364. The molecule has 0 spiro atoms. The van der Waals surface area contributed by atoms with E-state index in [4.69, 9.17) is 4.74 Å². The summed E-state index contributed by atoms with van der Waals surface area (Å²) in [4.78, 5) is 11.5. The van der Waals surface area contributed by atoms with Gasteiger partial charge in [-0.15, -0.1) is 25.8 Å². The minimum Gasteiger partial charge on any atom is -0.466 e. The molecular formula is C11H11F3O3S. The summed E-state index contributed by atoms with van der Waals surface area (Å²) in [5, 5.41) is 0. The van der Waals surface area contributed by atoms with Gasteiger partial charge in [0.2, 0.25) is 0 Å². The molecule has 0 aliphatic rings. The first kappa shape index (κ1) is 14.7. The lowest BCUT2D eigenvalue weighted by molar-refractivity contribution is -0.274. The van der Waals surface area contributed by atoms with E-state index in [1.54, 1.807) is 6.92 Å². The van der Waals surface area contributed by atoms with E-state index in [-0.39, 0.29) is 17.9 Å². The van der Waals surface area contributed by atoms with Crippen LogP contribution in [0.15, 0.2) is 23.1 Å². The van der Waals surface area contributed by atoms with Crippen LogP contribution in [0, 0.1) is 0 Å². The van der Waals surface area contributed by atoms with Crippen molar-refractivity contribution in [1.82, 2.24) is 0 Å². The monoisotopic (exact) mass is 280 g/mol. The number of hydrogen-bond donors (Lipinski definition) is 1. The van der Waals surface area contributed by atoms with Crippen molar-refractivity contribution >= 4 is 18.6 Å². The van der Waals surface area contributed by atoms with Crippen molar-refractivity contribution in [2.45, 2.75) is 24.6 Å². The first-order valence-electron chi connectivity index (χ1n) is 5.04. The molecular weight excluding hydrogens is 269 g/mol. The fourth-order valence-corrected chi connectivity index (χ4v) is 1.61. The number of hydrogen-bond acceptors (Lipinski definition) is 4. The van der Waals surface area contributed by atoms with Crippen LogP contribution in [-0.4, -0.2) is 18.9 Å². The van der Waals surface area contributed by atoms with E-state index >= 15 is 0 Å². The zero-order valence-electron chi connectivity index (χ0n) is 9.45. The minimum atomic E-state index is -4.78. The number of rotatable bonds is 4. The zero-order chi connectivity index (χ0) is 13.8. The maximum atomic E-state index is 12.0. The van der Waals surface area contributed by atoms with Gasteiger partial charge in [0.25, 0.3) is 0 Å². The molecule has 0 aromatic heterocycles. The molecule has 0 unspecified atom stereocenters. The Morgan fingerprint density at radius 1 is 1.33 bits per heavy atom. The number of benzene rings is 1. The molecule has 0 saturated heterocycles. The third kappa shape index (κ3) is 5.31. The predicted octanol–water partition coefficient (Wildman–Crippen LogP) is 2.98. The summed E-state index contributed by atoms with van der Waals surface area (Å²) in [5.74, 6) is -0.927. The second-order valence-electron chi connectivity index (χ2n) is 3.36. The number of alkyl halides is 3. The van der Waals surface area contributed by atoms with Crippen molar-refractivity contribution in [3.05, 3.63) is 23.8 Å². The number of halogens is 3. The Morgan fingerprint density at radius 2 is 2.00 bits per heavy atom. The fourth-order valence-electron chi connectivity index (χ4n) is 1.32. The highest BCUT2D eigenvalue weighted by Gasteiger charge is 2.31. The van der Waals surface area contributed by atoms with Gasteiger partial charge < -0.3 is 9.47 Å². The lowest BCUT2D eigenvalue weighted by Gasteiger charge is -2.11. The van der Waals surface area contributed by atoms with Crippen LogP contribution in [0.3, 0.4) is 0 Å². The number of esters is 1. The molecule has 0 aliphatic carbocycles. The Balaban J connectivity index is 2.84. The van der Waals surface area contributed by atoms with Gasteiger partial charge in [-0.1, -0.05) is 0 Å². The van der Waals surface area contributed by atoms with Crippen molar-refractivity contribution in [2.75, 3.05) is 6.61 Å². The summed E-state index contributed by atoms with van der Waals surface area (Å²) in [6.45, 7) is 1.86. The SMILES string of the molecule is CCOC(=O)Cc1cc(S)cc(OC(F)(F)F)c1. The average Bonchev–Trinajstić information content (AvgIpc) is 2.13. The Hall–Kier alpha value is -1.37. The molecule has 7 heteroatoms. The Labute approximate surface area is 107 Å². The molecule has 0 bridgehead atoms. The summed E-state index contributed by atoms with van der Waals surface area (Å²) in [6, 6.07) is 3.72. The maximum Gasteiger partial charge on any atom is 0.573 e. The second kappa shape index (κ2) is 5.99. The van der Waals surface area contributed by atoms with Crippen LogP contribution in [0.1, 0.15) is 12.5 Å². The van der Waals surface area contributed by atoms with Gasteiger partial charge in [-0.25, -0.2) is 0 Å². The Kier molecular flexibility index (Phi) is 4.89. The van der Waals surface area contributed by atoms with Crippen molar-refractivity contribution in [3.8, 4) is 5.75 Å². The van der Waals surface area contributed by atoms with Crippen LogP contribution < -0.4 is 4.74 Å². The highest BCUT2D eigenvalue weighted by Crippen LogP contribution is 2.26. The molecule has 0 fully saturated rings. The van der Waals surface area contributed by atoms with Gasteiger partial charge in [-0.2, -0.15) is 0 Å². The van der Waals surface area contributed by atoms with Gasteiger partial charge in [0.15, 0.2) is 0 Å². The molecule has 0 radical (unpaired) electrons. The highest BCUT2D eigenvalue weighted by atomic mass is 32.1. The molecule has 0 amide bonds. The van der Waals surface area contributed by atoms with Crippen molar-refractivity contribution in [2.24, 2.45) is 0 Å². The van der Waals surface area contributed by atoms with E-state index in [1.165, 1.54) is 6.07 Å². The van der Waals surface area contributed by atoms with Crippen molar-refractivity contribution in [1.29, 1.82) is 0 Å². The van der Waals surface area contributed by atoms with E-state index in [0.29, 0.717) is 5.56 Å². The number of ether oxygens (including phenoxy) is 2. The Morgan fingerprint density at radius 3 is 2.56 bits per heavy atom. The summed E-state index contributed by atoms with van der Waals surface area (Å²) >= 11 is 3.95. The average molecular weight is 280 g/mol. The normalized spacial score (nSPS) is 11.2. The Bertz CT molecular complexity index is 432. The smallest absolute Gasteiger partial charge is 0.466 e. The van der Waals surface area contributed by atoms with Crippen molar-refractivity contribution in [3.63, 3.8) is 0 Å². The van der Waals surface area contributed by atoms with Gasteiger partial charge in [-0.3, -0.25) is 4.79 Å². The topological polar surface area (TPSA) is 35.5 Å². The first-order chi connectivity index (χ1) is 8.30. The van der Waals surface area contributed by atoms with Crippen LogP contribution >= 0.6 is 12.6 Å². The molecule has 0 heterocycles. The minimum absolute atomic E-state index is 0.129. The van der Waals surface area contributed by atoms with Crippen molar-refractivity contribution < 1.29 is 27.4 Å². The standard InChI is InChI=1S/C11H11F3O3S/c1-2-16-10(15)5-7-3-8(6-9(18)4-7)17-11(12,13)14/h3-4,6,18H,2,5H2,1H3. The number of carbonyl (C=O) groups excluding carboxylic acids is 1. The summed E-state index contributed by atoms with van der Waals surface area (Å²) in [7, 11) is 0. The van der Waals surface area contributed by atoms with Crippen LogP contribution in [0.25, 0.3) is 0 Å². The highest BCUT2D eigenvalue weighted by molar-refractivity contribution is 7.80. The largest absolute Gasteiger partial charge is 0.573 e. The molecule has 1 aromatic carbocycles. The molecule has 18 heavy (non-hydrogen) atoms. The van der Waals surface area contributed by atoms with Crippen LogP contribution in [0.5, 0.6) is 5.75 Å². The maximum absolute atomic E-state index is 12.0. The van der Waals surface area contributed by atoms with Gasteiger partial charge in [-0.05, 0) is 30.7 Å². The summed E-state index contributed by atoms with van der Waals surface area (Å²) in [5.41, 5.74) is 0.347. The molecule has 3 nitrogen and oxygen atoms in total. The van der Waals surface area contributed by atoms with E-state index in [9.17, 15) is 18.0 Å².